The standard InChI is InChI=1S/C14H25N3O4/c1-2-5-16-6-3-10(4-7-16)15-14(21)17-9-11(18)8-12(17)13(19)20/h10-12,18H,2-9H2,1H3,(H,15,21)(H,19,20)/t11-,12-/m0/s1. The van der Waals surface area contributed by atoms with Crippen LogP contribution >= 0.6 is 0 Å². The summed E-state index contributed by atoms with van der Waals surface area (Å²) in [6.07, 6.45) is 2.27. The van der Waals surface area contributed by atoms with Crippen LogP contribution in [-0.2, 0) is 4.79 Å². The minimum absolute atomic E-state index is 0.0947. The Morgan fingerprint density at radius 2 is 1.95 bits per heavy atom. The van der Waals surface area contributed by atoms with Gasteiger partial charge in [0.1, 0.15) is 6.04 Å². The lowest BCUT2D eigenvalue weighted by molar-refractivity contribution is -0.141. The topological polar surface area (TPSA) is 93.1 Å². The Kier molecular flexibility index (Phi) is 5.41. The van der Waals surface area contributed by atoms with Crippen LogP contribution in [-0.4, -0.2) is 76.4 Å². The van der Waals surface area contributed by atoms with Crippen molar-refractivity contribution >= 4 is 12.0 Å². The molecule has 0 unspecified atom stereocenters. The quantitative estimate of drug-likeness (QED) is 0.684. The number of aliphatic hydroxyl groups excluding tert-OH is 1. The second-order valence-corrected chi connectivity index (χ2v) is 5.96. The van der Waals surface area contributed by atoms with E-state index in [1.807, 2.05) is 0 Å². The van der Waals surface area contributed by atoms with Crippen LogP contribution < -0.4 is 5.32 Å². The fourth-order valence-corrected chi connectivity index (χ4v) is 3.15. The van der Waals surface area contributed by atoms with Crippen molar-refractivity contribution in [2.45, 2.75) is 50.8 Å². The molecule has 2 rings (SSSR count). The summed E-state index contributed by atoms with van der Waals surface area (Å²) in [6, 6.07) is -1.19. The first-order chi connectivity index (χ1) is 10.0. The van der Waals surface area contributed by atoms with Gasteiger partial charge in [-0.2, -0.15) is 0 Å². The maximum absolute atomic E-state index is 12.2. The molecule has 2 aliphatic heterocycles. The second kappa shape index (κ2) is 7.09. The second-order valence-electron chi connectivity index (χ2n) is 5.96. The van der Waals surface area contributed by atoms with Gasteiger partial charge in [0.25, 0.3) is 0 Å². The minimum atomic E-state index is -1.06. The first kappa shape index (κ1) is 16.0. The molecular weight excluding hydrogens is 274 g/mol. The predicted molar refractivity (Wildman–Crippen MR) is 77.0 cm³/mol. The number of carbonyl (C=O) groups excluding carboxylic acids is 1. The van der Waals surface area contributed by atoms with E-state index in [2.05, 4.69) is 17.1 Å². The zero-order chi connectivity index (χ0) is 15.4. The van der Waals surface area contributed by atoms with Crippen molar-refractivity contribution < 1.29 is 19.8 Å². The van der Waals surface area contributed by atoms with E-state index in [-0.39, 0.29) is 25.0 Å². The van der Waals surface area contributed by atoms with Crippen molar-refractivity contribution in [2.75, 3.05) is 26.2 Å². The number of urea groups is 1. The van der Waals surface area contributed by atoms with Crippen LogP contribution in [0.15, 0.2) is 0 Å². The Balaban J connectivity index is 1.83. The number of piperidine rings is 1. The SMILES string of the molecule is CCCN1CCC(NC(=O)N2C[C@@H](O)C[C@H]2C(=O)O)CC1. The van der Waals surface area contributed by atoms with Crippen molar-refractivity contribution in [1.82, 2.24) is 15.1 Å². The number of β-amino-alcohol motifs (C(OH)–C–C–N with tert-alkyl or cyclic N) is 1. The Hall–Kier alpha value is -1.34. The highest BCUT2D eigenvalue weighted by atomic mass is 16.4. The third kappa shape index (κ3) is 4.07. The molecule has 2 amide bonds. The Morgan fingerprint density at radius 3 is 2.52 bits per heavy atom. The smallest absolute Gasteiger partial charge is 0.326 e. The number of nitrogens with one attached hydrogen (secondary N) is 1. The summed E-state index contributed by atoms with van der Waals surface area (Å²) in [5.74, 6) is -1.06. The normalized spacial score (nSPS) is 27.8. The number of amides is 2. The van der Waals surface area contributed by atoms with Gasteiger partial charge < -0.3 is 25.3 Å². The van der Waals surface area contributed by atoms with Crippen LogP contribution in [0.25, 0.3) is 0 Å². The lowest BCUT2D eigenvalue weighted by Gasteiger charge is -2.33. The summed E-state index contributed by atoms with van der Waals surface area (Å²) < 4.78 is 0. The fourth-order valence-electron chi connectivity index (χ4n) is 3.15. The van der Waals surface area contributed by atoms with Crippen molar-refractivity contribution in [1.29, 1.82) is 0 Å². The molecule has 21 heavy (non-hydrogen) atoms. The van der Waals surface area contributed by atoms with E-state index < -0.39 is 18.1 Å². The molecule has 2 aliphatic rings. The fraction of sp³-hybridized carbons (Fsp3) is 0.857. The van der Waals surface area contributed by atoms with Gasteiger partial charge in [-0.15, -0.1) is 0 Å². The van der Waals surface area contributed by atoms with Crippen LogP contribution in [0, 0.1) is 0 Å². The van der Waals surface area contributed by atoms with Crippen molar-refractivity contribution in [2.24, 2.45) is 0 Å². The van der Waals surface area contributed by atoms with Crippen molar-refractivity contribution in [3.8, 4) is 0 Å². The molecule has 0 aliphatic carbocycles. The van der Waals surface area contributed by atoms with Gasteiger partial charge in [-0.3, -0.25) is 0 Å². The van der Waals surface area contributed by atoms with Gasteiger partial charge >= 0.3 is 12.0 Å². The van der Waals surface area contributed by atoms with Crippen LogP contribution in [0.2, 0.25) is 0 Å². The number of carboxylic acid groups (broad SMARTS) is 1. The molecule has 120 valence electrons. The maximum Gasteiger partial charge on any atom is 0.326 e. The Bertz CT molecular complexity index is 382. The molecule has 0 aromatic heterocycles. The summed E-state index contributed by atoms with van der Waals surface area (Å²) in [5, 5.41) is 21.6. The first-order valence-electron chi connectivity index (χ1n) is 7.71. The number of aliphatic carboxylic acids is 1. The van der Waals surface area contributed by atoms with Crippen LogP contribution in [0.1, 0.15) is 32.6 Å². The average molecular weight is 299 g/mol. The van der Waals surface area contributed by atoms with Crippen LogP contribution in [0.4, 0.5) is 4.79 Å². The molecule has 2 fully saturated rings. The van der Waals surface area contributed by atoms with Gasteiger partial charge in [-0.1, -0.05) is 6.92 Å². The Morgan fingerprint density at radius 1 is 1.29 bits per heavy atom. The molecule has 0 bridgehead atoms. The van der Waals surface area contributed by atoms with Gasteiger partial charge in [0.15, 0.2) is 0 Å². The highest BCUT2D eigenvalue weighted by Crippen LogP contribution is 2.19. The number of nitrogens with zero attached hydrogens (tertiary/aromatic N) is 2. The highest BCUT2D eigenvalue weighted by Gasteiger charge is 2.39. The van der Waals surface area contributed by atoms with E-state index in [1.54, 1.807) is 0 Å². The van der Waals surface area contributed by atoms with E-state index in [9.17, 15) is 14.7 Å². The van der Waals surface area contributed by atoms with Gasteiger partial charge in [0, 0.05) is 32.1 Å². The molecule has 2 saturated heterocycles. The van der Waals surface area contributed by atoms with E-state index >= 15 is 0 Å². The van der Waals surface area contributed by atoms with Gasteiger partial charge in [0.05, 0.1) is 6.10 Å². The largest absolute Gasteiger partial charge is 0.480 e. The van der Waals surface area contributed by atoms with Crippen LogP contribution in [0.5, 0.6) is 0 Å². The molecule has 0 radical (unpaired) electrons. The predicted octanol–water partition coefficient (Wildman–Crippen LogP) is 0.0902. The molecule has 0 aromatic carbocycles. The molecular formula is C14H25N3O4. The maximum atomic E-state index is 12.2. The molecule has 7 heteroatoms. The number of carboxylic acids is 1. The molecule has 3 N–H and O–H groups in total. The average Bonchev–Trinajstić information content (AvgIpc) is 2.84. The van der Waals surface area contributed by atoms with E-state index in [0.29, 0.717) is 0 Å². The molecule has 7 nitrogen and oxygen atoms in total. The first-order valence-corrected chi connectivity index (χ1v) is 7.71. The summed E-state index contributed by atoms with van der Waals surface area (Å²) in [7, 11) is 0. The number of rotatable bonds is 4. The lowest BCUT2D eigenvalue weighted by atomic mass is 10.1. The number of likely N-dealkylation sites (tertiary alicyclic amines) is 2. The zero-order valence-corrected chi connectivity index (χ0v) is 12.5. The summed E-state index contributed by atoms with van der Waals surface area (Å²) in [6.45, 7) is 5.25. The van der Waals surface area contributed by atoms with Crippen LogP contribution in [0.3, 0.4) is 0 Å². The monoisotopic (exact) mass is 299 g/mol. The van der Waals surface area contributed by atoms with E-state index in [4.69, 9.17) is 5.11 Å². The number of aliphatic hydroxyl groups is 1. The molecule has 0 saturated carbocycles. The van der Waals surface area contributed by atoms with E-state index in [1.165, 1.54) is 4.90 Å². The highest BCUT2D eigenvalue weighted by molar-refractivity contribution is 5.83. The minimum Gasteiger partial charge on any atom is -0.480 e. The molecule has 0 spiro atoms. The van der Waals surface area contributed by atoms with Crippen molar-refractivity contribution in [3.05, 3.63) is 0 Å². The van der Waals surface area contributed by atoms with Gasteiger partial charge in [-0.05, 0) is 25.8 Å². The number of carbonyl (C=O) groups is 2. The van der Waals surface area contributed by atoms with Gasteiger partial charge in [-0.25, -0.2) is 9.59 Å². The molecule has 2 atom stereocenters. The van der Waals surface area contributed by atoms with Gasteiger partial charge in [0.2, 0.25) is 0 Å². The third-order valence-corrected chi connectivity index (χ3v) is 4.28. The zero-order valence-electron chi connectivity index (χ0n) is 12.5. The molecule has 0 aromatic rings. The third-order valence-electron chi connectivity index (χ3n) is 4.28. The Labute approximate surface area is 124 Å². The lowest BCUT2D eigenvalue weighted by Crippen LogP contribution is -2.52. The summed E-state index contributed by atoms with van der Waals surface area (Å²) in [4.78, 5) is 27.0. The summed E-state index contributed by atoms with van der Waals surface area (Å²) in [5.41, 5.74) is 0. The number of hydrogen-bond acceptors (Lipinski definition) is 4. The van der Waals surface area contributed by atoms with E-state index in [0.717, 1.165) is 38.9 Å². The molecule has 2 heterocycles. The number of hydrogen-bond donors (Lipinski definition) is 3. The van der Waals surface area contributed by atoms with Crippen molar-refractivity contribution in [3.63, 3.8) is 0 Å². The summed E-state index contributed by atoms with van der Waals surface area (Å²) >= 11 is 0.